The van der Waals surface area contributed by atoms with Gasteiger partial charge in [-0.05, 0) is 51.4 Å². The summed E-state index contributed by atoms with van der Waals surface area (Å²) in [4.78, 5) is 14.6. The van der Waals surface area contributed by atoms with Gasteiger partial charge in [0.2, 0.25) is 5.91 Å². The van der Waals surface area contributed by atoms with Gasteiger partial charge < -0.3 is 11.1 Å². The SMILES string of the molecule is CC(C)(N)CN1CCCC1C(=O)Nc1cc(Cl)cc(Cl)c1.Cl. The van der Waals surface area contributed by atoms with E-state index in [2.05, 4.69) is 10.2 Å². The highest BCUT2D eigenvalue weighted by Crippen LogP contribution is 2.25. The highest BCUT2D eigenvalue weighted by Gasteiger charge is 2.33. The predicted octanol–water partition coefficient (Wildman–Crippen LogP) is 3.56. The molecule has 1 saturated heterocycles. The van der Waals surface area contributed by atoms with E-state index in [1.165, 1.54) is 0 Å². The number of halogens is 3. The normalized spacial score (nSPS) is 18.9. The van der Waals surface area contributed by atoms with Crippen molar-refractivity contribution < 1.29 is 4.79 Å². The van der Waals surface area contributed by atoms with Crippen molar-refractivity contribution in [3.05, 3.63) is 28.2 Å². The molecule has 1 atom stereocenters. The Hall–Kier alpha value is -0.520. The molecule has 0 radical (unpaired) electrons. The summed E-state index contributed by atoms with van der Waals surface area (Å²) in [5.74, 6) is -0.0323. The zero-order valence-corrected chi connectivity index (χ0v) is 15.1. The van der Waals surface area contributed by atoms with E-state index in [1.807, 2.05) is 13.8 Å². The molecule has 4 nitrogen and oxygen atoms in total. The quantitative estimate of drug-likeness (QED) is 0.856. The third kappa shape index (κ3) is 5.60. The van der Waals surface area contributed by atoms with Gasteiger partial charge in [-0.2, -0.15) is 0 Å². The Balaban J connectivity index is 0.00000242. The van der Waals surface area contributed by atoms with Gasteiger partial charge >= 0.3 is 0 Å². The predicted molar refractivity (Wildman–Crippen MR) is 95.2 cm³/mol. The fourth-order valence-corrected chi connectivity index (χ4v) is 3.21. The molecule has 0 aromatic heterocycles. The van der Waals surface area contributed by atoms with Crippen LogP contribution in [0.3, 0.4) is 0 Å². The van der Waals surface area contributed by atoms with E-state index < -0.39 is 0 Å². The summed E-state index contributed by atoms with van der Waals surface area (Å²) >= 11 is 11.9. The number of carbonyl (C=O) groups excluding carboxylic acids is 1. The van der Waals surface area contributed by atoms with Crippen molar-refractivity contribution in [2.24, 2.45) is 5.73 Å². The van der Waals surface area contributed by atoms with Crippen LogP contribution in [0.15, 0.2) is 18.2 Å². The average Bonchev–Trinajstić information content (AvgIpc) is 2.72. The number of benzene rings is 1. The van der Waals surface area contributed by atoms with Crippen LogP contribution < -0.4 is 11.1 Å². The summed E-state index contributed by atoms with van der Waals surface area (Å²) in [6.45, 7) is 5.53. The van der Waals surface area contributed by atoms with Gasteiger partial charge in [-0.15, -0.1) is 12.4 Å². The number of hydrogen-bond acceptors (Lipinski definition) is 3. The minimum Gasteiger partial charge on any atom is -0.325 e. The summed E-state index contributed by atoms with van der Waals surface area (Å²) in [6.07, 6.45) is 1.85. The van der Waals surface area contributed by atoms with E-state index in [-0.39, 0.29) is 29.9 Å². The lowest BCUT2D eigenvalue weighted by Gasteiger charge is -2.30. The van der Waals surface area contributed by atoms with Gasteiger partial charge in [0.1, 0.15) is 0 Å². The van der Waals surface area contributed by atoms with Crippen molar-refractivity contribution in [1.29, 1.82) is 0 Å². The number of nitrogens with one attached hydrogen (secondary N) is 1. The van der Waals surface area contributed by atoms with Gasteiger partial charge in [-0.25, -0.2) is 0 Å². The van der Waals surface area contributed by atoms with E-state index in [1.54, 1.807) is 18.2 Å². The molecule has 2 rings (SSSR count). The zero-order valence-electron chi connectivity index (χ0n) is 12.7. The van der Waals surface area contributed by atoms with Crippen LogP contribution in [0.1, 0.15) is 26.7 Å². The number of amides is 1. The molecule has 22 heavy (non-hydrogen) atoms. The third-order valence-electron chi connectivity index (χ3n) is 3.41. The number of likely N-dealkylation sites (tertiary alicyclic amines) is 1. The van der Waals surface area contributed by atoms with E-state index in [0.717, 1.165) is 19.4 Å². The standard InChI is InChI=1S/C15H21Cl2N3O.ClH/c1-15(2,18)9-20-5-3-4-13(20)14(21)19-12-7-10(16)6-11(17)8-12;/h6-8,13H,3-5,9,18H2,1-2H3,(H,19,21);1H. The van der Waals surface area contributed by atoms with Crippen molar-refractivity contribution in [1.82, 2.24) is 4.90 Å². The lowest BCUT2D eigenvalue weighted by atomic mass is 10.1. The molecule has 1 aliphatic heterocycles. The fourth-order valence-electron chi connectivity index (χ4n) is 2.69. The maximum atomic E-state index is 12.5. The third-order valence-corrected chi connectivity index (χ3v) is 3.84. The first-order chi connectivity index (χ1) is 9.74. The largest absolute Gasteiger partial charge is 0.325 e. The molecule has 0 spiro atoms. The Kier molecular flexibility index (Phi) is 6.96. The minimum atomic E-state index is -0.317. The fraction of sp³-hybridized carbons (Fsp3) is 0.533. The van der Waals surface area contributed by atoms with E-state index >= 15 is 0 Å². The molecule has 0 saturated carbocycles. The van der Waals surface area contributed by atoms with Gasteiger partial charge in [-0.1, -0.05) is 23.2 Å². The molecule has 1 heterocycles. The molecule has 0 aliphatic carbocycles. The van der Waals surface area contributed by atoms with Crippen LogP contribution in [0.2, 0.25) is 10.0 Å². The summed E-state index contributed by atoms with van der Waals surface area (Å²) in [5, 5.41) is 3.90. The number of nitrogens with two attached hydrogens (primary N) is 1. The van der Waals surface area contributed by atoms with Crippen LogP contribution in [0.4, 0.5) is 5.69 Å². The molecular formula is C15H22Cl3N3O. The topological polar surface area (TPSA) is 58.4 Å². The second-order valence-corrected chi connectivity index (χ2v) is 7.14. The molecule has 7 heteroatoms. The number of nitrogens with zero attached hydrogens (tertiary/aromatic N) is 1. The maximum absolute atomic E-state index is 12.5. The highest BCUT2D eigenvalue weighted by atomic mass is 35.5. The molecule has 1 fully saturated rings. The number of carbonyl (C=O) groups is 1. The Morgan fingerprint density at radius 2 is 1.95 bits per heavy atom. The first-order valence-corrected chi connectivity index (χ1v) is 7.80. The first-order valence-electron chi connectivity index (χ1n) is 7.04. The summed E-state index contributed by atoms with van der Waals surface area (Å²) in [7, 11) is 0. The molecule has 1 unspecified atom stereocenters. The molecule has 1 aromatic rings. The summed E-state index contributed by atoms with van der Waals surface area (Å²) in [6, 6.07) is 4.87. The molecule has 0 bridgehead atoms. The Morgan fingerprint density at radius 1 is 1.36 bits per heavy atom. The van der Waals surface area contributed by atoms with Crippen LogP contribution in [0.5, 0.6) is 0 Å². The highest BCUT2D eigenvalue weighted by molar-refractivity contribution is 6.35. The lowest BCUT2D eigenvalue weighted by Crippen LogP contribution is -2.50. The molecule has 1 aliphatic rings. The molecule has 1 aromatic carbocycles. The summed E-state index contributed by atoms with van der Waals surface area (Å²) < 4.78 is 0. The van der Waals surface area contributed by atoms with Crippen molar-refractivity contribution >= 4 is 47.2 Å². The second-order valence-electron chi connectivity index (χ2n) is 6.26. The van der Waals surface area contributed by atoms with Gasteiger partial charge in [0.25, 0.3) is 0 Å². The second kappa shape index (κ2) is 7.84. The summed E-state index contributed by atoms with van der Waals surface area (Å²) in [5.41, 5.74) is 6.37. The average molecular weight is 367 g/mol. The van der Waals surface area contributed by atoms with E-state index in [4.69, 9.17) is 28.9 Å². The first kappa shape index (κ1) is 19.5. The lowest BCUT2D eigenvalue weighted by molar-refractivity contribution is -0.120. The van der Waals surface area contributed by atoms with Crippen molar-refractivity contribution in [2.75, 3.05) is 18.4 Å². The Morgan fingerprint density at radius 3 is 2.50 bits per heavy atom. The minimum absolute atomic E-state index is 0. The maximum Gasteiger partial charge on any atom is 0.241 e. The Labute approximate surface area is 147 Å². The van der Waals surface area contributed by atoms with Crippen LogP contribution in [-0.4, -0.2) is 35.5 Å². The monoisotopic (exact) mass is 365 g/mol. The molecular weight excluding hydrogens is 345 g/mol. The van der Waals surface area contributed by atoms with Crippen LogP contribution in [0, 0.1) is 0 Å². The molecule has 1 amide bonds. The van der Waals surface area contributed by atoms with Gasteiger partial charge in [0.05, 0.1) is 6.04 Å². The smallest absolute Gasteiger partial charge is 0.241 e. The molecule has 124 valence electrons. The Bertz CT molecular complexity index is 511. The van der Waals surface area contributed by atoms with Crippen LogP contribution >= 0.6 is 35.6 Å². The zero-order chi connectivity index (χ0) is 15.6. The molecule has 3 N–H and O–H groups in total. The van der Waals surface area contributed by atoms with Crippen molar-refractivity contribution in [3.63, 3.8) is 0 Å². The van der Waals surface area contributed by atoms with Gasteiger partial charge in [0, 0.05) is 27.8 Å². The number of anilines is 1. The van der Waals surface area contributed by atoms with E-state index in [0.29, 0.717) is 22.3 Å². The van der Waals surface area contributed by atoms with Gasteiger partial charge in [0.15, 0.2) is 0 Å². The van der Waals surface area contributed by atoms with Crippen LogP contribution in [0.25, 0.3) is 0 Å². The van der Waals surface area contributed by atoms with Crippen LogP contribution in [-0.2, 0) is 4.79 Å². The van der Waals surface area contributed by atoms with Gasteiger partial charge in [-0.3, -0.25) is 9.69 Å². The number of hydrogen-bond donors (Lipinski definition) is 2. The van der Waals surface area contributed by atoms with Crippen molar-refractivity contribution in [3.8, 4) is 0 Å². The van der Waals surface area contributed by atoms with E-state index in [9.17, 15) is 4.79 Å². The van der Waals surface area contributed by atoms with Crippen molar-refractivity contribution in [2.45, 2.75) is 38.3 Å². The number of rotatable bonds is 4.